The first-order valence-electron chi connectivity index (χ1n) is 6.36. The van der Waals surface area contributed by atoms with Crippen molar-refractivity contribution in [3.05, 3.63) is 66.2 Å². The van der Waals surface area contributed by atoms with Crippen LogP contribution in [0.15, 0.2) is 65.8 Å². The van der Waals surface area contributed by atoms with Crippen LogP contribution >= 0.6 is 0 Å². The third-order valence-corrected chi connectivity index (χ3v) is 5.32. The molecule has 1 heterocycles. The fraction of sp³-hybridized carbons (Fsp3) is 0.188. The number of hydrogen-bond acceptors (Lipinski definition) is 2. The summed E-state index contributed by atoms with van der Waals surface area (Å²) in [5, 5.41) is 5.28. The molecule has 1 aliphatic rings. The summed E-state index contributed by atoms with van der Waals surface area (Å²) >= 11 is 0.453. The van der Waals surface area contributed by atoms with Gasteiger partial charge in [0.2, 0.25) is 0 Å². The molecule has 3 heteroatoms. The molecule has 3 rings (SSSR count). The Morgan fingerprint density at radius 1 is 1.00 bits per heavy atom. The van der Waals surface area contributed by atoms with Crippen LogP contribution in [0.3, 0.4) is 0 Å². The van der Waals surface area contributed by atoms with Crippen LogP contribution in [0.25, 0.3) is 0 Å². The van der Waals surface area contributed by atoms with Gasteiger partial charge >= 0.3 is 119 Å². The van der Waals surface area contributed by atoms with Crippen molar-refractivity contribution in [3.8, 4) is 0 Å². The summed E-state index contributed by atoms with van der Waals surface area (Å²) in [4.78, 5) is 5.54. The zero-order chi connectivity index (χ0) is 12.9. The van der Waals surface area contributed by atoms with Crippen molar-refractivity contribution < 1.29 is 4.84 Å². The van der Waals surface area contributed by atoms with Gasteiger partial charge in [-0.1, -0.05) is 0 Å². The molecule has 0 aliphatic carbocycles. The molecule has 0 N–H and O–H groups in total. The molecule has 0 fully saturated rings. The van der Waals surface area contributed by atoms with Crippen LogP contribution in [0.5, 0.6) is 0 Å². The van der Waals surface area contributed by atoms with Crippen LogP contribution in [-0.2, 0) is 4.84 Å². The van der Waals surface area contributed by atoms with E-state index in [1.54, 1.807) is 0 Å². The van der Waals surface area contributed by atoms with Gasteiger partial charge in [-0.05, 0) is 0 Å². The molecule has 0 aromatic heterocycles. The van der Waals surface area contributed by atoms with Crippen molar-refractivity contribution >= 4 is 25.1 Å². The van der Waals surface area contributed by atoms with Crippen LogP contribution in [0.1, 0.15) is 18.1 Å². The van der Waals surface area contributed by atoms with E-state index in [1.165, 1.54) is 15.7 Å². The molecule has 2 aromatic carbocycles. The monoisotopic (exact) mass is 317 g/mol. The Morgan fingerprint density at radius 3 is 2.42 bits per heavy atom. The summed E-state index contributed by atoms with van der Waals surface area (Å²) in [6, 6.07) is 20.9. The molecule has 0 bridgehead atoms. The van der Waals surface area contributed by atoms with E-state index in [-0.39, 0.29) is 6.10 Å². The van der Waals surface area contributed by atoms with E-state index < -0.39 is 0 Å². The minimum absolute atomic E-state index is 0.114. The number of oxime groups is 1. The number of benzene rings is 2. The van der Waals surface area contributed by atoms with E-state index in [9.17, 15) is 0 Å². The van der Waals surface area contributed by atoms with Gasteiger partial charge in [-0.3, -0.25) is 0 Å². The fourth-order valence-electron chi connectivity index (χ4n) is 2.04. The van der Waals surface area contributed by atoms with Crippen molar-refractivity contribution in [2.75, 3.05) is 0 Å². The van der Waals surface area contributed by atoms with Crippen LogP contribution < -0.4 is 4.46 Å². The van der Waals surface area contributed by atoms with Gasteiger partial charge in [0.15, 0.2) is 0 Å². The van der Waals surface area contributed by atoms with Crippen molar-refractivity contribution in [2.24, 2.45) is 5.16 Å². The molecule has 2 nitrogen and oxygen atoms in total. The molecule has 0 radical (unpaired) electrons. The zero-order valence-corrected chi connectivity index (χ0v) is 12.2. The van der Waals surface area contributed by atoms with Crippen molar-refractivity contribution in [1.29, 1.82) is 0 Å². The van der Waals surface area contributed by atoms with Gasteiger partial charge in [-0.25, -0.2) is 0 Å². The van der Waals surface area contributed by atoms with E-state index in [0.717, 1.165) is 11.7 Å². The molecule has 0 amide bonds. The molecule has 2 aromatic rings. The second-order valence-corrected chi connectivity index (χ2v) is 6.67. The van der Waals surface area contributed by atoms with Crippen molar-refractivity contribution in [2.45, 2.75) is 17.8 Å². The summed E-state index contributed by atoms with van der Waals surface area (Å²) in [5.41, 5.74) is 2.41. The molecule has 96 valence electrons. The molecule has 1 atom stereocenters. The first-order chi connectivity index (χ1) is 9.42. The van der Waals surface area contributed by atoms with E-state index in [0.29, 0.717) is 15.0 Å². The molecule has 19 heavy (non-hydrogen) atoms. The first-order valence-corrected chi connectivity index (χ1v) is 8.43. The Morgan fingerprint density at radius 2 is 1.68 bits per heavy atom. The quantitative estimate of drug-likeness (QED) is 0.795. The summed E-state index contributed by atoms with van der Waals surface area (Å²) in [6.45, 7) is 0. The molecule has 0 saturated carbocycles. The van der Waals surface area contributed by atoms with Gasteiger partial charge in [-0.15, -0.1) is 0 Å². The predicted octanol–water partition coefficient (Wildman–Crippen LogP) is 2.95. The Labute approximate surface area is 119 Å². The summed E-state index contributed by atoms with van der Waals surface area (Å²) in [5.74, 6) is 0. The molecule has 0 saturated heterocycles. The van der Waals surface area contributed by atoms with E-state index >= 15 is 0 Å². The third-order valence-electron chi connectivity index (χ3n) is 3.05. The maximum absolute atomic E-state index is 5.54. The van der Waals surface area contributed by atoms with Gasteiger partial charge in [0.1, 0.15) is 0 Å². The van der Waals surface area contributed by atoms with Crippen molar-refractivity contribution in [3.63, 3.8) is 0 Å². The summed E-state index contributed by atoms with van der Waals surface area (Å²) < 4.78 is 1.42. The summed E-state index contributed by atoms with van der Waals surface area (Å²) in [6.07, 6.45) is 1.04. The normalized spacial score (nSPS) is 17.9. The predicted molar refractivity (Wildman–Crippen MR) is 79.0 cm³/mol. The van der Waals surface area contributed by atoms with E-state index in [2.05, 4.69) is 47.6 Å². The van der Waals surface area contributed by atoms with Crippen LogP contribution in [0.4, 0.5) is 0 Å². The minimum atomic E-state index is 0.114. The molecular weight excluding hydrogens is 301 g/mol. The standard InChI is InChI=1S/C16H15NOSe/c1-3-7-13(8-4-1)16-11-14(17-18-16)12-19-15-9-5-2-6-10-15/h1-10,16H,11-12H2/t16-/m1/s1. The Hall–Kier alpha value is -1.57. The first kappa shape index (κ1) is 12.5. The topological polar surface area (TPSA) is 21.6 Å². The van der Waals surface area contributed by atoms with Crippen LogP contribution in [0.2, 0.25) is 5.32 Å². The van der Waals surface area contributed by atoms with Gasteiger partial charge in [0.05, 0.1) is 0 Å². The molecule has 0 spiro atoms. The van der Waals surface area contributed by atoms with Gasteiger partial charge in [-0.2, -0.15) is 0 Å². The van der Waals surface area contributed by atoms with Gasteiger partial charge < -0.3 is 0 Å². The second kappa shape index (κ2) is 6.05. The number of hydrogen-bond donors (Lipinski definition) is 0. The fourth-order valence-corrected chi connectivity index (χ4v) is 3.83. The second-order valence-electron chi connectivity index (χ2n) is 4.47. The maximum atomic E-state index is 5.54. The number of nitrogens with zero attached hydrogens (tertiary/aromatic N) is 1. The summed E-state index contributed by atoms with van der Waals surface area (Å²) in [7, 11) is 0. The average molecular weight is 316 g/mol. The average Bonchev–Trinajstić information content (AvgIpc) is 2.96. The molecular formula is C16H15NOSe. The van der Waals surface area contributed by atoms with Crippen LogP contribution in [-0.4, -0.2) is 20.7 Å². The molecule has 0 unspecified atom stereocenters. The third kappa shape index (κ3) is 3.25. The Balaban J connectivity index is 1.55. The van der Waals surface area contributed by atoms with Crippen molar-refractivity contribution in [1.82, 2.24) is 0 Å². The molecule has 1 aliphatic heterocycles. The zero-order valence-electron chi connectivity index (χ0n) is 10.5. The van der Waals surface area contributed by atoms with Crippen LogP contribution in [0, 0.1) is 0 Å². The Bertz CT molecular complexity index is 553. The SMILES string of the molecule is c1ccc([Se]CC2=NO[C@@H](c3ccccc3)C2)cc1. The van der Waals surface area contributed by atoms with E-state index in [4.69, 9.17) is 4.84 Å². The van der Waals surface area contributed by atoms with Gasteiger partial charge in [0, 0.05) is 0 Å². The Kier molecular flexibility index (Phi) is 3.97. The van der Waals surface area contributed by atoms with E-state index in [1.807, 2.05) is 18.2 Å². The number of rotatable bonds is 4. The van der Waals surface area contributed by atoms with Gasteiger partial charge in [0.25, 0.3) is 0 Å².